The highest BCUT2D eigenvalue weighted by atomic mass is 16.5. The van der Waals surface area contributed by atoms with Crippen LogP contribution >= 0.6 is 0 Å². The molecule has 0 radical (unpaired) electrons. The number of rotatable bonds is 5. The number of cyclic esters (lactones) is 2. The standard InChI is InChI=1S/C24H28N2O5/c1-15-20(14-31-21(15)27)26-11-9-24(23(26)29)7-4-18(5-8-24)25-10-6-16-2-3-19-17(12-16)13-30-22(19)28/h2-3,12,18,25H,4-11,13-14H2,1H3/t18-,24-. The predicted octanol–water partition coefficient (Wildman–Crippen LogP) is 2.48. The van der Waals surface area contributed by atoms with Crippen molar-refractivity contribution in [3.8, 4) is 0 Å². The molecule has 1 aliphatic carbocycles. The second-order valence-corrected chi connectivity index (χ2v) is 9.18. The quantitative estimate of drug-likeness (QED) is 0.731. The van der Waals surface area contributed by atoms with Gasteiger partial charge in [-0.2, -0.15) is 0 Å². The van der Waals surface area contributed by atoms with E-state index in [0.29, 0.717) is 30.3 Å². The van der Waals surface area contributed by atoms with Crippen LogP contribution in [0, 0.1) is 5.41 Å². The number of nitrogens with zero attached hydrogens (tertiary/aromatic N) is 1. The molecular formula is C24H28N2O5. The lowest BCUT2D eigenvalue weighted by Crippen LogP contribution is -2.42. The summed E-state index contributed by atoms with van der Waals surface area (Å²) in [6.07, 6.45) is 5.51. The van der Waals surface area contributed by atoms with Gasteiger partial charge in [-0.25, -0.2) is 9.59 Å². The first-order valence-electron chi connectivity index (χ1n) is 11.2. The van der Waals surface area contributed by atoms with Crippen molar-refractivity contribution >= 4 is 17.8 Å². The van der Waals surface area contributed by atoms with Crippen LogP contribution in [0.25, 0.3) is 0 Å². The fraction of sp³-hybridized carbons (Fsp3) is 0.542. The topological polar surface area (TPSA) is 84.9 Å². The molecule has 2 fully saturated rings. The fourth-order valence-electron chi connectivity index (χ4n) is 5.43. The molecule has 1 spiro atoms. The van der Waals surface area contributed by atoms with Crippen molar-refractivity contribution in [3.05, 3.63) is 46.2 Å². The summed E-state index contributed by atoms with van der Waals surface area (Å²) in [4.78, 5) is 38.3. The van der Waals surface area contributed by atoms with Gasteiger partial charge < -0.3 is 19.7 Å². The average molecular weight is 424 g/mol. The number of hydrogen-bond acceptors (Lipinski definition) is 6. The Labute approximate surface area is 181 Å². The minimum absolute atomic E-state index is 0.175. The molecule has 4 aliphatic rings. The van der Waals surface area contributed by atoms with E-state index in [1.807, 2.05) is 12.1 Å². The highest BCUT2D eigenvalue weighted by Gasteiger charge is 2.50. The summed E-state index contributed by atoms with van der Waals surface area (Å²) in [5, 5.41) is 3.65. The van der Waals surface area contributed by atoms with Crippen molar-refractivity contribution in [1.82, 2.24) is 10.2 Å². The third kappa shape index (κ3) is 3.55. The second-order valence-electron chi connectivity index (χ2n) is 9.18. The summed E-state index contributed by atoms with van der Waals surface area (Å²) in [6, 6.07) is 6.35. The van der Waals surface area contributed by atoms with Crippen LogP contribution in [0.3, 0.4) is 0 Å². The molecule has 1 saturated heterocycles. The first-order valence-corrected chi connectivity index (χ1v) is 11.2. The van der Waals surface area contributed by atoms with Crippen molar-refractivity contribution in [2.75, 3.05) is 19.7 Å². The van der Waals surface area contributed by atoms with E-state index in [9.17, 15) is 14.4 Å². The van der Waals surface area contributed by atoms with Crippen molar-refractivity contribution < 1.29 is 23.9 Å². The first-order chi connectivity index (χ1) is 15.0. The fourth-order valence-corrected chi connectivity index (χ4v) is 5.43. The molecule has 7 heteroatoms. The number of fused-ring (bicyclic) bond motifs is 1. The summed E-state index contributed by atoms with van der Waals surface area (Å²) in [6.45, 7) is 3.90. The normalized spacial score (nSPS) is 27.8. The largest absolute Gasteiger partial charge is 0.457 e. The predicted molar refractivity (Wildman–Crippen MR) is 112 cm³/mol. The monoisotopic (exact) mass is 424 g/mol. The second kappa shape index (κ2) is 7.79. The van der Waals surface area contributed by atoms with E-state index in [1.165, 1.54) is 5.56 Å². The zero-order chi connectivity index (χ0) is 21.6. The van der Waals surface area contributed by atoms with Crippen LogP contribution in [0.2, 0.25) is 0 Å². The van der Waals surface area contributed by atoms with Gasteiger partial charge in [0.25, 0.3) is 0 Å². The molecule has 1 amide bonds. The van der Waals surface area contributed by atoms with Crippen LogP contribution in [-0.2, 0) is 32.1 Å². The lowest BCUT2D eigenvalue weighted by Gasteiger charge is -2.36. The Hall–Kier alpha value is -2.67. The van der Waals surface area contributed by atoms with Gasteiger partial charge in [-0.1, -0.05) is 12.1 Å². The molecule has 31 heavy (non-hydrogen) atoms. The van der Waals surface area contributed by atoms with Gasteiger partial charge in [0.1, 0.15) is 13.2 Å². The molecule has 3 heterocycles. The molecule has 5 rings (SSSR count). The molecule has 0 atom stereocenters. The number of benzene rings is 1. The van der Waals surface area contributed by atoms with Gasteiger partial charge in [-0.15, -0.1) is 0 Å². The van der Waals surface area contributed by atoms with E-state index in [1.54, 1.807) is 11.8 Å². The zero-order valence-electron chi connectivity index (χ0n) is 17.9. The van der Waals surface area contributed by atoms with Crippen molar-refractivity contribution in [2.24, 2.45) is 5.41 Å². The molecule has 3 aliphatic heterocycles. The maximum Gasteiger partial charge on any atom is 0.338 e. The Morgan fingerprint density at radius 1 is 1.06 bits per heavy atom. The Bertz CT molecular complexity index is 974. The van der Waals surface area contributed by atoms with Gasteiger partial charge in [0, 0.05) is 18.2 Å². The number of likely N-dealkylation sites (tertiary alicyclic amines) is 1. The molecule has 1 aromatic carbocycles. The smallest absolute Gasteiger partial charge is 0.338 e. The van der Waals surface area contributed by atoms with Crippen LogP contribution in [0.15, 0.2) is 29.5 Å². The molecule has 1 saturated carbocycles. The van der Waals surface area contributed by atoms with E-state index < -0.39 is 0 Å². The van der Waals surface area contributed by atoms with Crippen LogP contribution in [0.4, 0.5) is 0 Å². The van der Waals surface area contributed by atoms with Crippen LogP contribution in [0.1, 0.15) is 60.5 Å². The third-order valence-electron chi connectivity index (χ3n) is 7.46. The summed E-state index contributed by atoms with van der Waals surface area (Å²) < 4.78 is 10.2. The van der Waals surface area contributed by atoms with E-state index in [-0.39, 0.29) is 29.9 Å². The lowest BCUT2D eigenvalue weighted by molar-refractivity contribution is -0.138. The van der Waals surface area contributed by atoms with Crippen molar-refractivity contribution in [3.63, 3.8) is 0 Å². The van der Waals surface area contributed by atoms with Gasteiger partial charge in [-0.05, 0) is 63.6 Å². The van der Waals surface area contributed by atoms with E-state index >= 15 is 0 Å². The SMILES string of the molecule is CC1=C(N2CC[C@]3(CC[C@@H](NCCc4ccc5c(c4)COC5=O)CC3)C2=O)COC1=O. The summed E-state index contributed by atoms with van der Waals surface area (Å²) >= 11 is 0. The molecule has 0 bridgehead atoms. The Balaban J connectivity index is 1.12. The third-order valence-corrected chi connectivity index (χ3v) is 7.46. The number of hydrogen-bond donors (Lipinski definition) is 1. The highest BCUT2D eigenvalue weighted by molar-refractivity contribution is 5.94. The molecule has 1 aromatic rings. The van der Waals surface area contributed by atoms with E-state index in [0.717, 1.165) is 56.3 Å². The Morgan fingerprint density at radius 2 is 1.84 bits per heavy atom. The zero-order valence-corrected chi connectivity index (χ0v) is 17.9. The molecule has 0 unspecified atom stereocenters. The Kier molecular flexibility index (Phi) is 5.08. The van der Waals surface area contributed by atoms with E-state index in [4.69, 9.17) is 9.47 Å². The van der Waals surface area contributed by atoms with Gasteiger partial charge in [0.05, 0.1) is 22.2 Å². The number of carbonyl (C=O) groups is 3. The molecule has 0 aromatic heterocycles. The van der Waals surface area contributed by atoms with E-state index in [2.05, 4.69) is 11.4 Å². The number of carbonyl (C=O) groups excluding carboxylic acids is 3. The number of nitrogens with one attached hydrogen (secondary N) is 1. The summed E-state index contributed by atoms with van der Waals surface area (Å²) in [5.41, 5.74) is 3.92. The molecule has 164 valence electrons. The number of ether oxygens (including phenoxy) is 2. The summed E-state index contributed by atoms with van der Waals surface area (Å²) in [5.74, 6) is -0.359. The first kappa shape index (κ1) is 20.2. The maximum atomic E-state index is 13.2. The average Bonchev–Trinajstić information content (AvgIpc) is 3.41. The van der Waals surface area contributed by atoms with Gasteiger partial charge in [0.2, 0.25) is 5.91 Å². The highest BCUT2D eigenvalue weighted by Crippen LogP contribution is 2.46. The Morgan fingerprint density at radius 3 is 2.58 bits per heavy atom. The van der Waals surface area contributed by atoms with Gasteiger partial charge in [-0.3, -0.25) is 4.79 Å². The van der Waals surface area contributed by atoms with Crippen LogP contribution in [0.5, 0.6) is 0 Å². The van der Waals surface area contributed by atoms with Crippen molar-refractivity contribution in [2.45, 2.75) is 58.1 Å². The molecule has 1 N–H and O–H groups in total. The lowest BCUT2D eigenvalue weighted by atomic mass is 9.71. The minimum Gasteiger partial charge on any atom is -0.457 e. The number of amides is 1. The van der Waals surface area contributed by atoms with Crippen molar-refractivity contribution in [1.29, 1.82) is 0 Å². The van der Waals surface area contributed by atoms with Gasteiger partial charge >= 0.3 is 11.9 Å². The van der Waals surface area contributed by atoms with Crippen LogP contribution in [-0.4, -0.2) is 48.5 Å². The van der Waals surface area contributed by atoms with Gasteiger partial charge in [0.15, 0.2) is 0 Å². The van der Waals surface area contributed by atoms with Crippen LogP contribution < -0.4 is 5.32 Å². The maximum absolute atomic E-state index is 13.2. The summed E-state index contributed by atoms with van der Waals surface area (Å²) in [7, 11) is 0. The minimum atomic E-state index is -0.306. The number of esters is 2. The molecule has 7 nitrogen and oxygen atoms in total. The molecular weight excluding hydrogens is 396 g/mol.